The summed E-state index contributed by atoms with van der Waals surface area (Å²) in [5, 5.41) is 3.56. The van der Waals surface area contributed by atoms with Crippen molar-refractivity contribution in [3.05, 3.63) is 35.9 Å². The highest BCUT2D eigenvalue weighted by atomic mass is 15.4. The minimum atomic E-state index is 0.543. The maximum atomic E-state index is 4.45. The minimum Gasteiger partial charge on any atom is -0.354 e. The third kappa shape index (κ3) is 3.61. The molecule has 1 aromatic rings. The Hall–Kier alpha value is -1.55. The largest absolute Gasteiger partial charge is 0.354 e. The van der Waals surface area contributed by atoms with E-state index in [1.807, 2.05) is 7.05 Å². The Labute approximate surface area is 134 Å². The number of benzene rings is 1. The maximum absolute atomic E-state index is 4.45. The van der Waals surface area contributed by atoms with Crippen LogP contribution in [-0.2, 0) is 0 Å². The fourth-order valence-corrected chi connectivity index (χ4v) is 3.33. The van der Waals surface area contributed by atoms with E-state index in [1.54, 1.807) is 0 Å². The van der Waals surface area contributed by atoms with Gasteiger partial charge in [0.1, 0.15) is 0 Å². The zero-order valence-electron chi connectivity index (χ0n) is 13.8. The molecule has 2 aliphatic rings. The summed E-state index contributed by atoms with van der Waals surface area (Å²) in [6.45, 7) is 6.64. The van der Waals surface area contributed by atoms with Gasteiger partial charge in [-0.2, -0.15) is 0 Å². The lowest BCUT2D eigenvalue weighted by molar-refractivity contribution is 0.127. The summed E-state index contributed by atoms with van der Waals surface area (Å²) < 4.78 is 0. The average molecular weight is 300 g/mol. The normalized spacial score (nSPS) is 21.7. The zero-order chi connectivity index (χ0) is 15.4. The lowest BCUT2D eigenvalue weighted by atomic mass is 10.0. The van der Waals surface area contributed by atoms with Gasteiger partial charge in [0.2, 0.25) is 0 Å². The molecule has 0 spiro atoms. The van der Waals surface area contributed by atoms with Crippen LogP contribution >= 0.6 is 0 Å². The monoisotopic (exact) mass is 300 g/mol. The molecular weight excluding hydrogens is 272 g/mol. The van der Waals surface area contributed by atoms with E-state index in [2.05, 4.69) is 57.4 Å². The Bertz CT molecular complexity index is 487. The first kappa shape index (κ1) is 15.3. The molecule has 0 radical (unpaired) electrons. The van der Waals surface area contributed by atoms with Crippen LogP contribution in [0.5, 0.6) is 0 Å². The number of guanidine groups is 1. The van der Waals surface area contributed by atoms with Crippen molar-refractivity contribution < 1.29 is 0 Å². The number of nitrogens with one attached hydrogen (secondary N) is 1. The molecule has 1 saturated carbocycles. The Kier molecular flexibility index (Phi) is 4.98. The first-order valence-corrected chi connectivity index (χ1v) is 8.59. The van der Waals surface area contributed by atoms with Gasteiger partial charge < -0.3 is 10.2 Å². The van der Waals surface area contributed by atoms with Crippen molar-refractivity contribution in [1.29, 1.82) is 0 Å². The van der Waals surface area contributed by atoms with Crippen molar-refractivity contribution in [2.75, 3.05) is 33.2 Å². The van der Waals surface area contributed by atoms with E-state index >= 15 is 0 Å². The van der Waals surface area contributed by atoms with Crippen molar-refractivity contribution >= 4 is 5.96 Å². The zero-order valence-corrected chi connectivity index (χ0v) is 13.8. The molecule has 1 aromatic carbocycles. The lowest BCUT2D eigenvalue weighted by Crippen LogP contribution is -2.53. The number of nitrogens with zero attached hydrogens (tertiary/aromatic N) is 3. The minimum absolute atomic E-state index is 0.543. The Morgan fingerprint density at radius 2 is 1.86 bits per heavy atom. The summed E-state index contributed by atoms with van der Waals surface area (Å²) in [7, 11) is 1.90. The van der Waals surface area contributed by atoms with Gasteiger partial charge in [-0.1, -0.05) is 37.3 Å². The number of piperazine rings is 1. The van der Waals surface area contributed by atoms with Crippen LogP contribution in [-0.4, -0.2) is 55.0 Å². The summed E-state index contributed by atoms with van der Waals surface area (Å²) >= 11 is 0. The lowest BCUT2D eigenvalue weighted by Gasteiger charge is -2.40. The highest BCUT2D eigenvalue weighted by molar-refractivity contribution is 5.80. The molecule has 1 unspecified atom stereocenters. The third-order valence-corrected chi connectivity index (χ3v) is 4.75. The molecule has 4 nitrogen and oxygen atoms in total. The van der Waals surface area contributed by atoms with Gasteiger partial charge in [0, 0.05) is 45.3 Å². The van der Waals surface area contributed by atoms with E-state index < -0.39 is 0 Å². The summed E-state index contributed by atoms with van der Waals surface area (Å²) in [5.74, 6) is 1.09. The molecule has 1 atom stereocenters. The Balaban J connectivity index is 1.58. The molecule has 4 heteroatoms. The molecular formula is C18H28N4. The molecule has 1 aliphatic heterocycles. The van der Waals surface area contributed by atoms with E-state index in [4.69, 9.17) is 0 Å². The molecule has 0 aromatic heterocycles. The number of hydrogen-bond acceptors (Lipinski definition) is 2. The predicted octanol–water partition coefficient (Wildman–Crippen LogP) is 2.49. The van der Waals surface area contributed by atoms with Crippen LogP contribution in [0.4, 0.5) is 0 Å². The van der Waals surface area contributed by atoms with Gasteiger partial charge in [0.25, 0.3) is 0 Å². The van der Waals surface area contributed by atoms with E-state index in [-0.39, 0.29) is 0 Å². The second-order valence-corrected chi connectivity index (χ2v) is 6.32. The molecule has 0 amide bonds. The molecule has 1 aliphatic carbocycles. The molecule has 120 valence electrons. The molecule has 1 saturated heterocycles. The molecule has 1 heterocycles. The van der Waals surface area contributed by atoms with E-state index in [0.717, 1.165) is 32.1 Å². The molecule has 3 rings (SSSR count). The third-order valence-electron chi connectivity index (χ3n) is 4.75. The van der Waals surface area contributed by atoms with Crippen molar-refractivity contribution in [3.63, 3.8) is 0 Å². The van der Waals surface area contributed by atoms with Crippen LogP contribution in [0.25, 0.3) is 0 Å². The Morgan fingerprint density at radius 3 is 2.41 bits per heavy atom. The SMILES string of the molecule is CCC(c1ccccc1)N1CCN(C(=NC)NC2CC2)CC1. The Morgan fingerprint density at radius 1 is 1.18 bits per heavy atom. The van der Waals surface area contributed by atoms with Crippen molar-refractivity contribution in [3.8, 4) is 0 Å². The van der Waals surface area contributed by atoms with E-state index in [1.165, 1.54) is 24.8 Å². The summed E-state index contributed by atoms with van der Waals surface area (Å²) in [6.07, 6.45) is 3.76. The van der Waals surface area contributed by atoms with Crippen LogP contribution in [0.2, 0.25) is 0 Å². The summed E-state index contributed by atoms with van der Waals surface area (Å²) in [6, 6.07) is 12.1. The summed E-state index contributed by atoms with van der Waals surface area (Å²) in [4.78, 5) is 9.48. The van der Waals surface area contributed by atoms with Gasteiger partial charge in [-0.25, -0.2) is 0 Å². The second-order valence-electron chi connectivity index (χ2n) is 6.32. The molecule has 2 fully saturated rings. The summed E-state index contributed by atoms with van der Waals surface area (Å²) in [5.41, 5.74) is 1.44. The van der Waals surface area contributed by atoms with Crippen molar-refractivity contribution in [2.45, 2.75) is 38.3 Å². The van der Waals surface area contributed by atoms with Crippen LogP contribution < -0.4 is 5.32 Å². The standard InChI is InChI=1S/C18H28N4/c1-3-17(15-7-5-4-6-8-15)21-11-13-22(14-12-21)18(19-2)20-16-9-10-16/h4-8,16-17H,3,9-14H2,1-2H3,(H,19,20). The van der Waals surface area contributed by atoms with Crippen molar-refractivity contribution in [1.82, 2.24) is 15.1 Å². The topological polar surface area (TPSA) is 30.9 Å². The van der Waals surface area contributed by atoms with Gasteiger partial charge in [-0.15, -0.1) is 0 Å². The second kappa shape index (κ2) is 7.14. The van der Waals surface area contributed by atoms with Crippen molar-refractivity contribution in [2.24, 2.45) is 4.99 Å². The maximum Gasteiger partial charge on any atom is 0.193 e. The first-order valence-electron chi connectivity index (χ1n) is 8.59. The number of hydrogen-bond donors (Lipinski definition) is 1. The highest BCUT2D eigenvalue weighted by Crippen LogP contribution is 2.25. The fourth-order valence-electron chi connectivity index (χ4n) is 3.33. The highest BCUT2D eigenvalue weighted by Gasteiger charge is 2.28. The van der Waals surface area contributed by atoms with Crippen LogP contribution in [0.1, 0.15) is 37.8 Å². The van der Waals surface area contributed by atoms with Gasteiger partial charge in [-0.3, -0.25) is 9.89 Å². The predicted molar refractivity (Wildman–Crippen MR) is 92.1 cm³/mol. The molecule has 1 N–H and O–H groups in total. The van der Waals surface area contributed by atoms with E-state index in [9.17, 15) is 0 Å². The average Bonchev–Trinajstić information content (AvgIpc) is 3.39. The van der Waals surface area contributed by atoms with E-state index in [0.29, 0.717) is 12.1 Å². The molecule has 22 heavy (non-hydrogen) atoms. The quantitative estimate of drug-likeness (QED) is 0.684. The van der Waals surface area contributed by atoms with Gasteiger partial charge in [0.15, 0.2) is 5.96 Å². The smallest absolute Gasteiger partial charge is 0.193 e. The van der Waals surface area contributed by atoms with Gasteiger partial charge >= 0.3 is 0 Å². The first-order chi connectivity index (χ1) is 10.8. The van der Waals surface area contributed by atoms with Crippen LogP contribution in [0, 0.1) is 0 Å². The van der Waals surface area contributed by atoms with Gasteiger partial charge in [0.05, 0.1) is 0 Å². The van der Waals surface area contributed by atoms with Gasteiger partial charge in [-0.05, 0) is 24.8 Å². The van der Waals surface area contributed by atoms with Crippen LogP contribution in [0.15, 0.2) is 35.3 Å². The molecule has 0 bridgehead atoms. The number of aliphatic imine (C=N–C) groups is 1. The van der Waals surface area contributed by atoms with Crippen LogP contribution in [0.3, 0.4) is 0 Å². The number of rotatable bonds is 4. The fraction of sp³-hybridized carbons (Fsp3) is 0.611.